The minimum atomic E-state index is -4.12. The van der Waals surface area contributed by atoms with Gasteiger partial charge in [-0.1, -0.05) is 24.3 Å². The Morgan fingerprint density at radius 1 is 1.12 bits per heavy atom. The van der Waals surface area contributed by atoms with E-state index >= 15 is 0 Å². The van der Waals surface area contributed by atoms with E-state index in [9.17, 15) is 18.5 Å². The number of sulfonamides is 1. The summed E-state index contributed by atoms with van der Waals surface area (Å²) >= 11 is 0. The van der Waals surface area contributed by atoms with Crippen LogP contribution in [0.4, 0.5) is 5.69 Å². The van der Waals surface area contributed by atoms with E-state index < -0.39 is 14.9 Å². The summed E-state index contributed by atoms with van der Waals surface area (Å²) in [4.78, 5) is 16.5. The first-order valence-corrected chi connectivity index (χ1v) is 11.2. The summed E-state index contributed by atoms with van der Waals surface area (Å²) in [6.07, 6.45) is 6.33. The smallest absolute Gasteiger partial charge is 0.264 e. The quantitative estimate of drug-likeness (QED) is 0.254. The van der Waals surface area contributed by atoms with E-state index in [0.29, 0.717) is 16.8 Å². The molecule has 0 spiro atoms. The first-order chi connectivity index (χ1) is 15.8. The van der Waals surface area contributed by atoms with Crippen molar-refractivity contribution < 1.29 is 13.3 Å². The molecule has 11 heteroatoms. The summed E-state index contributed by atoms with van der Waals surface area (Å²) in [6, 6.07) is 16.7. The lowest BCUT2D eigenvalue weighted by atomic mass is 10.1. The Kier molecular flexibility index (Phi) is 5.96. The molecule has 0 fully saturated rings. The van der Waals surface area contributed by atoms with Gasteiger partial charge in [0.25, 0.3) is 15.7 Å². The molecule has 0 unspecified atom stereocenters. The number of nitro groups is 1. The molecule has 33 heavy (non-hydrogen) atoms. The highest BCUT2D eigenvalue weighted by atomic mass is 32.2. The molecule has 0 aliphatic heterocycles. The molecule has 0 radical (unpaired) electrons. The lowest BCUT2D eigenvalue weighted by Gasteiger charge is -2.04. The molecule has 1 N–H and O–H groups in total. The standard InChI is InChI=1S/C22H18N6O4S/c1-16-9-10-20(12-21(16)28(29)30)33(31,32)26-24-14-18-15-27(19-7-3-2-4-8-19)25-22(18)17-6-5-11-23-13-17/h2-15,26H,1H3. The van der Waals surface area contributed by atoms with Gasteiger partial charge in [0.05, 0.1) is 21.7 Å². The first-order valence-electron chi connectivity index (χ1n) is 9.70. The third-order valence-corrected chi connectivity index (χ3v) is 5.98. The van der Waals surface area contributed by atoms with E-state index in [1.54, 1.807) is 29.3 Å². The zero-order valence-electron chi connectivity index (χ0n) is 17.4. The highest BCUT2D eigenvalue weighted by Gasteiger charge is 2.19. The van der Waals surface area contributed by atoms with Crippen molar-refractivity contribution in [3.63, 3.8) is 0 Å². The molecule has 10 nitrogen and oxygen atoms in total. The van der Waals surface area contributed by atoms with Crippen LogP contribution in [0, 0.1) is 17.0 Å². The first kappa shape index (κ1) is 21.8. The van der Waals surface area contributed by atoms with Crippen molar-refractivity contribution >= 4 is 21.9 Å². The van der Waals surface area contributed by atoms with Gasteiger partial charge in [-0.2, -0.15) is 18.6 Å². The fourth-order valence-corrected chi connectivity index (χ4v) is 3.90. The minimum Gasteiger partial charge on any atom is -0.264 e. The van der Waals surface area contributed by atoms with Crippen LogP contribution in [0.15, 0.2) is 89.3 Å². The molecule has 2 aromatic heterocycles. The summed E-state index contributed by atoms with van der Waals surface area (Å²) in [5, 5.41) is 19.6. The van der Waals surface area contributed by atoms with Crippen molar-refractivity contribution in [2.75, 3.05) is 0 Å². The molecule has 0 bridgehead atoms. The Morgan fingerprint density at radius 2 is 1.91 bits per heavy atom. The Morgan fingerprint density at radius 3 is 2.61 bits per heavy atom. The van der Waals surface area contributed by atoms with Gasteiger partial charge in [0.15, 0.2) is 0 Å². The van der Waals surface area contributed by atoms with Crippen molar-refractivity contribution in [2.24, 2.45) is 5.10 Å². The molecule has 2 aromatic carbocycles. The van der Waals surface area contributed by atoms with Crippen molar-refractivity contribution in [3.05, 3.63) is 100 Å². The van der Waals surface area contributed by atoms with Crippen LogP contribution in [0.1, 0.15) is 11.1 Å². The van der Waals surface area contributed by atoms with Gasteiger partial charge in [-0.3, -0.25) is 15.1 Å². The summed E-state index contributed by atoms with van der Waals surface area (Å²) in [5.41, 5.74) is 2.72. The Balaban J connectivity index is 1.66. The number of rotatable bonds is 7. The van der Waals surface area contributed by atoms with Gasteiger partial charge < -0.3 is 0 Å². The van der Waals surface area contributed by atoms with Crippen molar-refractivity contribution in [2.45, 2.75) is 11.8 Å². The fourth-order valence-electron chi connectivity index (χ4n) is 3.09. The normalized spacial score (nSPS) is 11.5. The highest BCUT2D eigenvalue weighted by molar-refractivity contribution is 7.89. The van der Waals surface area contributed by atoms with Crippen LogP contribution < -0.4 is 4.83 Å². The van der Waals surface area contributed by atoms with Crippen LogP contribution in [0.3, 0.4) is 0 Å². The Hall–Kier alpha value is -4.38. The number of nitrogens with zero attached hydrogens (tertiary/aromatic N) is 5. The predicted octanol–water partition coefficient (Wildman–Crippen LogP) is 3.46. The van der Waals surface area contributed by atoms with E-state index in [1.165, 1.54) is 25.3 Å². The number of benzene rings is 2. The number of nitrogens with one attached hydrogen (secondary N) is 1. The van der Waals surface area contributed by atoms with E-state index in [2.05, 4.69) is 20.0 Å². The second kappa shape index (κ2) is 9.01. The number of nitro benzene ring substituents is 1. The third kappa shape index (κ3) is 4.77. The summed E-state index contributed by atoms with van der Waals surface area (Å²) in [5.74, 6) is 0. The number of para-hydroxylation sites is 1. The Labute approximate surface area is 189 Å². The third-order valence-electron chi connectivity index (χ3n) is 4.76. The van der Waals surface area contributed by atoms with E-state index in [4.69, 9.17) is 0 Å². The van der Waals surface area contributed by atoms with Crippen molar-refractivity contribution in [1.82, 2.24) is 19.6 Å². The fraction of sp³-hybridized carbons (Fsp3) is 0.0455. The summed E-state index contributed by atoms with van der Waals surface area (Å²) in [7, 11) is -4.12. The lowest BCUT2D eigenvalue weighted by Crippen LogP contribution is -2.18. The Bertz CT molecular complexity index is 1430. The lowest BCUT2D eigenvalue weighted by molar-refractivity contribution is -0.385. The zero-order valence-corrected chi connectivity index (χ0v) is 18.2. The maximum Gasteiger partial charge on any atom is 0.276 e. The second-order valence-corrected chi connectivity index (χ2v) is 8.67. The number of hydrogen-bond acceptors (Lipinski definition) is 7. The summed E-state index contributed by atoms with van der Waals surface area (Å²) in [6.45, 7) is 1.53. The molecule has 166 valence electrons. The van der Waals surface area contributed by atoms with Crippen LogP contribution >= 0.6 is 0 Å². The van der Waals surface area contributed by atoms with E-state index in [-0.39, 0.29) is 10.6 Å². The molecule has 0 amide bonds. The average Bonchev–Trinajstić information content (AvgIpc) is 3.24. The van der Waals surface area contributed by atoms with Gasteiger partial charge >= 0.3 is 0 Å². The maximum atomic E-state index is 12.6. The SMILES string of the molecule is Cc1ccc(S(=O)(=O)NN=Cc2cn(-c3ccccc3)nc2-c2cccnc2)cc1[N+](=O)[O-]. The van der Waals surface area contributed by atoms with Crippen LogP contribution in [-0.4, -0.2) is 34.3 Å². The molecule has 4 aromatic rings. The molecule has 0 saturated carbocycles. The van der Waals surface area contributed by atoms with E-state index in [0.717, 1.165) is 17.3 Å². The molecular weight excluding hydrogens is 444 g/mol. The average molecular weight is 462 g/mol. The topological polar surface area (TPSA) is 132 Å². The zero-order chi connectivity index (χ0) is 23.4. The number of hydrogen-bond donors (Lipinski definition) is 1. The molecular formula is C22H18N6O4S. The molecule has 0 saturated heterocycles. The summed E-state index contributed by atoms with van der Waals surface area (Å²) < 4.78 is 26.9. The van der Waals surface area contributed by atoms with Crippen LogP contribution in [-0.2, 0) is 10.0 Å². The van der Waals surface area contributed by atoms with Crippen LogP contribution in [0.25, 0.3) is 16.9 Å². The molecule has 0 aliphatic carbocycles. The van der Waals surface area contributed by atoms with Gasteiger partial charge in [0.2, 0.25) is 0 Å². The maximum absolute atomic E-state index is 12.6. The van der Waals surface area contributed by atoms with Crippen LogP contribution in [0.2, 0.25) is 0 Å². The highest BCUT2D eigenvalue weighted by Crippen LogP contribution is 2.23. The number of aromatic nitrogens is 3. The molecule has 4 rings (SSSR count). The second-order valence-electron chi connectivity index (χ2n) is 7.01. The number of pyridine rings is 1. The van der Waals surface area contributed by atoms with Gasteiger partial charge in [0, 0.05) is 41.3 Å². The van der Waals surface area contributed by atoms with Crippen molar-refractivity contribution in [1.29, 1.82) is 0 Å². The monoisotopic (exact) mass is 462 g/mol. The molecule has 0 atom stereocenters. The number of hydrazone groups is 1. The largest absolute Gasteiger partial charge is 0.276 e. The molecule has 2 heterocycles. The predicted molar refractivity (Wildman–Crippen MR) is 123 cm³/mol. The van der Waals surface area contributed by atoms with Gasteiger partial charge in [0.1, 0.15) is 5.69 Å². The van der Waals surface area contributed by atoms with Gasteiger partial charge in [-0.25, -0.2) is 9.51 Å². The minimum absolute atomic E-state index is 0.260. The van der Waals surface area contributed by atoms with E-state index in [1.807, 2.05) is 36.4 Å². The van der Waals surface area contributed by atoms with Crippen LogP contribution in [0.5, 0.6) is 0 Å². The van der Waals surface area contributed by atoms with Crippen molar-refractivity contribution in [3.8, 4) is 16.9 Å². The van der Waals surface area contributed by atoms with Gasteiger partial charge in [-0.05, 0) is 37.3 Å². The molecule has 0 aliphatic rings. The van der Waals surface area contributed by atoms with Gasteiger partial charge in [-0.15, -0.1) is 0 Å². The number of aryl methyl sites for hydroxylation is 1.